The van der Waals surface area contributed by atoms with Crippen molar-refractivity contribution in [3.63, 3.8) is 0 Å². The van der Waals surface area contributed by atoms with Gasteiger partial charge in [-0.05, 0) is 43.4 Å². The van der Waals surface area contributed by atoms with E-state index in [0.29, 0.717) is 6.42 Å². The highest BCUT2D eigenvalue weighted by molar-refractivity contribution is 5.73. The van der Waals surface area contributed by atoms with Crippen LogP contribution in [-0.4, -0.2) is 54.2 Å². The highest BCUT2D eigenvalue weighted by Crippen LogP contribution is 2.21. The smallest absolute Gasteiger partial charge is 0.217 e. The first-order valence-corrected chi connectivity index (χ1v) is 9.13. The van der Waals surface area contributed by atoms with E-state index in [1.807, 2.05) is 0 Å². The van der Waals surface area contributed by atoms with Crippen molar-refractivity contribution in [2.75, 3.05) is 31.1 Å². The number of amides is 1. The summed E-state index contributed by atoms with van der Waals surface area (Å²) >= 11 is 0. The van der Waals surface area contributed by atoms with Gasteiger partial charge >= 0.3 is 0 Å². The third-order valence-corrected chi connectivity index (χ3v) is 5.16. The molecule has 0 radical (unpaired) electrons. The van der Waals surface area contributed by atoms with Gasteiger partial charge in [-0.1, -0.05) is 12.1 Å². The van der Waals surface area contributed by atoms with Crippen molar-refractivity contribution in [2.24, 2.45) is 0 Å². The van der Waals surface area contributed by atoms with Gasteiger partial charge < -0.3 is 15.3 Å². The molecule has 1 amide bonds. The molecule has 2 aliphatic heterocycles. The maximum atomic E-state index is 11.2. The van der Waals surface area contributed by atoms with Gasteiger partial charge in [0.05, 0.1) is 12.1 Å². The minimum absolute atomic E-state index is 0.0648. The van der Waals surface area contributed by atoms with Crippen LogP contribution in [0.25, 0.3) is 0 Å². The molecule has 0 bridgehead atoms. The first kappa shape index (κ1) is 17.2. The van der Waals surface area contributed by atoms with Gasteiger partial charge in [0.15, 0.2) is 0 Å². The molecule has 1 aromatic rings. The van der Waals surface area contributed by atoms with Crippen molar-refractivity contribution in [1.82, 2.24) is 10.2 Å². The predicted octanol–water partition coefficient (Wildman–Crippen LogP) is 1.75. The third-order valence-electron chi connectivity index (χ3n) is 5.16. The molecular formula is C19H29N3O2. The van der Waals surface area contributed by atoms with E-state index in [-0.39, 0.29) is 11.9 Å². The molecule has 0 aromatic heterocycles. The van der Waals surface area contributed by atoms with Crippen LogP contribution in [0.2, 0.25) is 0 Å². The molecule has 2 fully saturated rings. The van der Waals surface area contributed by atoms with Gasteiger partial charge in [0.2, 0.25) is 5.91 Å². The van der Waals surface area contributed by atoms with E-state index < -0.39 is 6.10 Å². The standard InChI is InChI=1S/C19H29N3O2/c1-15(23)20-18-8-12-21(13-9-19(18)24)14-16-4-6-17(7-5-16)22-10-2-3-11-22/h4-7,18-19,24H,2-3,8-14H2,1H3,(H,20,23)/t18-,19-/m0/s1. The lowest BCUT2D eigenvalue weighted by Crippen LogP contribution is -2.42. The molecule has 3 rings (SSSR count). The topological polar surface area (TPSA) is 55.8 Å². The lowest BCUT2D eigenvalue weighted by molar-refractivity contribution is -0.120. The molecule has 0 spiro atoms. The van der Waals surface area contributed by atoms with Crippen LogP contribution < -0.4 is 10.2 Å². The average molecular weight is 331 g/mol. The summed E-state index contributed by atoms with van der Waals surface area (Å²) in [5.74, 6) is -0.0648. The predicted molar refractivity (Wildman–Crippen MR) is 96.0 cm³/mol. The summed E-state index contributed by atoms with van der Waals surface area (Å²) in [5, 5.41) is 13.1. The number of benzene rings is 1. The van der Waals surface area contributed by atoms with Crippen LogP contribution >= 0.6 is 0 Å². The molecule has 2 atom stereocenters. The second-order valence-electron chi connectivity index (χ2n) is 7.09. The molecule has 132 valence electrons. The van der Waals surface area contributed by atoms with Crippen molar-refractivity contribution >= 4 is 11.6 Å². The number of carbonyl (C=O) groups is 1. The number of likely N-dealkylation sites (tertiary alicyclic amines) is 1. The summed E-state index contributed by atoms with van der Waals surface area (Å²) in [6, 6.07) is 8.78. The minimum atomic E-state index is -0.448. The van der Waals surface area contributed by atoms with E-state index in [1.165, 1.54) is 44.1 Å². The van der Waals surface area contributed by atoms with E-state index >= 15 is 0 Å². The van der Waals surface area contributed by atoms with Crippen LogP contribution in [0.3, 0.4) is 0 Å². The molecule has 5 heteroatoms. The highest BCUT2D eigenvalue weighted by Gasteiger charge is 2.25. The number of aliphatic hydroxyl groups excluding tert-OH is 1. The molecule has 2 heterocycles. The summed E-state index contributed by atoms with van der Waals surface area (Å²) < 4.78 is 0. The van der Waals surface area contributed by atoms with E-state index in [2.05, 4.69) is 39.4 Å². The van der Waals surface area contributed by atoms with Crippen molar-refractivity contribution in [3.05, 3.63) is 29.8 Å². The van der Waals surface area contributed by atoms with Crippen LogP contribution in [0.4, 0.5) is 5.69 Å². The lowest BCUT2D eigenvalue weighted by atomic mass is 10.1. The van der Waals surface area contributed by atoms with Crippen LogP contribution in [-0.2, 0) is 11.3 Å². The molecular weight excluding hydrogens is 302 g/mol. The van der Waals surface area contributed by atoms with Gasteiger partial charge in [0.1, 0.15) is 0 Å². The number of nitrogens with zero attached hydrogens (tertiary/aromatic N) is 2. The number of nitrogens with one attached hydrogen (secondary N) is 1. The molecule has 0 unspecified atom stereocenters. The summed E-state index contributed by atoms with van der Waals surface area (Å²) in [7, 11) is 0. The van der Waals surface area contributed by atoms with Crippen LogP contribution in [0.1, 0.15) is 38.2 Å². The molecule has 2 aliphatic rings. The highest BCUT2D eigenvalue weighted by atomic mass is 16.3. The molecule has 24 heavy (non-hydrogen) atoms. The second-order valence-corrected chi connectivity index (χ2v) is 7.09. The first-order valence-electron chi connectivity index (χ1n) is 9.13. The Balaban J connectivity index is 1.54. The van der Waals surface area contributed by atoms with Gasteiger partial charge in [-0.2, -0.15) is 0 Å². The average Bonchev–Trinajstić information content (AvgIpc) is 3.05. The van der Waals surface area contributed by atoms with Crippen molar-refractivity contribution in [1.29, 1.82) is 0 Å². The van der Waals surface area contributed by atoms with E-state index in [4.69, 9.17) is 0 Å². The normalized spacial score (nSPS) is 25.5. The summed E-state index contributed by atoms with van der Waals surface area (Å²) in [6.07, 6.45) is 3.65. The van der Waals surface area contributed by atoms with Crippen molar-refractivity contribution in [3.8, 4) is 0 Å². The summed E-state index contributed by atoms with van der Waals surface area (Å²) in [6.45, 7) is 6.53. The number of rotatable bonds is 4. The van der Waals surface area contributed by atoms with Crippen LogP contribution in [0.5, 0.6) is 0 Å². The largest absolute Gasteiger partial charge is 0.391 e. The van der Waals surface area contributed by atoms with E-state index in [1.54, 1.807) is 0 Å². The van der Waals surface area contributed by atoms with Gasteiger partial charge in [-0.3, -0.25) is 9.69 Å². The zero-order valence-corrected chi connectivity index (χ0v) is 14.6. The molecule has 2 saturated heterocycles. The molecule has 0 aliphatic carbocycles. The Hall–Kier alpha value is -1.59. The van der Waals surface area contributed by atoms with Crippen LogP contribution in [0.15, 0.2) is 24.3 Å². The van der Waals surface area contributed by atoms with Crippen molar-refractivity contribution in [2.45, 2.75) is 51.3 Å². The SMILES string of the molecule is CC(=O)N[C@H]1CCN(Cc2ccc(N3CCCC3)cc2)CC[C@@H]1O. The zero-order chi connectivity index (χ0) is 16.9. The van der Waals surface area contributed by atoms with Gasteiger partial charge in [-0.25, -0.2) is 0 Å². The monoisotopic (exact) mass is 331 g/mol. The van der Waals surface area contributed by atoms with Gasteiger partial charge in [-0.15, -0.1) is 0 Å². The quantitative estimate of drug-likeness (QED) is 0.882. The Morgan fingerprint density at radius 2 is 1.79 bits per heavy atom. The lowest BCUT2D eigenvalue weighted by Gasteiger charge is -2.22. The number of hydrogen-bond donors (Lipinski definition) is 2. The molecule has 5 nitrogen and oxygen atoms in total. The molecule has 2 N–H and O–H groups in total. The maximum absolute atomic E-state index is 11.2. The van der Waals surface area contributed by atoms with Crippen LogP contribution in [0, 0.1) is 0 Å². The number of aliphatic hydroxyl groups is 1. The zero-order valence-electron chi connectivity index (χ0n) is 14.6. The maximum Gasteiger partial charge on any atom is 0.217 e. The minimum Gasteiger partial charge on any atom is -0.391 e. The number of carbonyl (C=O) groups excluding carboxylic acids is 1. The Kier molecular flexibility index (Phi) is 5.74. The molecule has 0 saturated carbocycles. The Morgan fingerprint density at radius 1 is 1.12 bits per heavy atom. The first-order chi connectivity index (χ1) is 11.6. The Morgan fingerprint density at radius 3 is 2.46 bits per heavy atom. The van der Waals surface area contributed by atoms with Crippen molar-refractivity contribution < 1.29 is 9.90 Å². The van der Waals surface area contributed by atoms with E-state index in [9.17, 15) is 9.90 Å². The number of hydrogen-bond acceptors (Lipinski definition) is 4. The summed E-state index contributed by atoms with van der Waals surface area (Å²) in [5.41, 5.74) is 2.64. The number of anilines is 1. The van der Waals surface area contributed by atoms with Gasteiger partial charge in [0.25, 0.3) is 0 Å². The fourth-order valence-electron chi connectivity index (χ4n) is 3.78. The second kappa shape index (κ2) is 7.99. The Labute approximate surface area is 144 Å². The fourth-order valence-corrected chi connectivity index (χ4v) is 3.78. The van der Waals surface area contributed by atoms with Gasteiger partial charge in [0, 0.05) is 45.3 Å². The third kappa shape index (κ3) is 4.48. The Bertz CT molecular complexity index is 540. The fraction of sp³-hybridized carbons (Fsp3) is 0.632. The molecule has 1 aromatic carbocycles. The van der Waals surface area contributed by atoms with E-state index in [0.717, 1.165) is 26.1 Å². The summed E-state index contributed by atoms with van der Waals surface area (Å²) in [4.78, 5) is 16.1.